The number of para-hydroxylation sites is 1. The van der Waals surface area contributed by atoms with Gasteiger partial charge in [-0.1, -0.05) is 48.2 Å². The predicted molar refractivity (Wildman–Crippen MR) is 110 cm³/mol. The van der Waals surface area contributed by atoms with Crippen LogP contribution < -0.4 is 0 Å². The van der Waals surface area contributed by atoms with Crippen molar-refractivity contribution >= 4 is 29.4 Å². The van der Waals surface area contributed by atoms with E-state index in [0.717, 1.165) is 17.0 Å². The normalized spacial score (nSPS) is 16.5. The summed E-state index contributed by atoms with van der Waals surface area (Å²) in [5.41, 5.74) is 2.65. The Morgan fingerprint density at radius 3 is 2.86 bits per heavy atom. The van der Waals surface area contributed by atoms with Crippen LogP contribution in [0.15, 0.2) is 60.0 Å². The predicted octanol–water partition coefficient (Wildman–Crippen LogP) is 4.08. The van der Waals surface area contributed by atoms with E-state index >= 15 is 0 Å². The standard InChI is InChI=1S/C20H19FN4OS2/c1-14-6-2-5-9-17(14)25-13-22-23-20(25)28-12-18(26)24-10-11-27-19(24)15-7-3-4-8-16(15)21/h2-9,13,19H,10-12H2,1H3. The number of benzene rings is 2. The van der Waals surface area contributed by atoms with Crippen LogP contribution in [0.25, 0.3) is 5.69 Å². The third-order valence-corrected chi connectivity index (χ3v) is 6.77. The van der Waals surface area contributed by atoms with Gasteiger partial charge in [0, 0.05) is 17.9 Å². The maximum Gasteiger partial charge on any atom is 0.234 e. The van der Waals surface area contributed by atoms with E-state index in [4.69, 9.17) is 0 Å². The molecule has 1 aliphatic rings. The Bertz CT molecular complexity index is 994. The summed E-state index contributed by atoms with van der Waals surface area (Å²) < 4.78 is 16.1. The molecule has 2 aromatic carbocycles. The Morgan fingerprint density at radius 1 is 1.25 bits per heavy atom. The van der Waals surface area contributed by atoms with Gasteiger partial charge in [-0.25, -0.2) is 4.39 Å². The average Bonchev–Trinajstić information content (AvgIpc) is 3.36. The van der Waals surface area contributed by atoms with E-state index in [1.54, 1.807) is 41.2 Å². The first kappa shape index (κ1) is 19.0. The molecule has 1 aliphatic heterocycles. The van der Waals surface area contributed by atoms with Gasteiger partial charge >= 0.3 is 0 Å². The molecule has 1 atom stereocenters. The van der Waals surface area contributed by atoms with Crippen LogP contribution in [-0.4, -0.2) is 43.6 Å². The summed E-state index contributed by atoms with van der Waals surface area (Å²) in [5, 5.41) is 8.56. The summed E-state index contributed by atoms with van der Waals surface area (Å²) in [6.07, 6.45) is 1.66. The van der Waals surface area contributed by atoms with Gasteiger partial charge in [0.2, 0.25) is 5.91 Å². The quantitative estimate of drug-likeness (QED) is 0.589. The Balaban J connectivity index is 1.48. The summed E-state index contributed by atoms with van der Waals surface area (Å²) in [6.45, 7) is 2.64. The highest BCUT2D eigenvalue weighted by Crippen LogP contribution is 2.39. The number of carbonyl (C=O) groups excluding carboxylic acids is 1. The summed E-state index contributed by atoms with van der Waals surface area (Å²) in [7, 11) is 0. The first-order valence-corrected chi connectivity index (χ1v) is 10.9. The topological polar surface area (TPSA) is 51.0 Å². The van der Waals surface area contributed by atoms with E-state index in [-0.39, 0.29) is 22.9 Å². The van der Waals surface area contributed by atoms with E-state index in [2.05, 4.69) is 10.2 Å². The van der Waals surface area contributed by atoms with Crippen LogP contribution in [0.3, 0.4) is 0 Å². The lowest BCUT2D eigenvalue weighted by Gasteiger charge is -2.24. The van der Waals surface area contributed by atoms with Gasteiger partial charge in [-0.2, -0.15) is 0 Å². The molecule has 0 aliphatic carbocycles. The molecule has 1 saturated heterocycles. The van der Waals surface area contributed by atoms with E-state index in [0.29, 0.717) is 17.3 Å². The van der Waals surface area contributed by atoms with Crippen molar-refractivity contribution in [3.05, 3.63) is 71.8 Å². The molecule has 0 bridgehead atoms. The average molecular weight is 415 g/mol. The molecule has 0 N–H and O–H groups in total. The van der Waals surface area contributed by atoms with Crippen LogP contribution in [0.5, 0.6) is 0 Å². The highest BCUT2D eigenvalue weighted by atomic mass is 32.2. The van der Waals surface area contributed by atoms with Crippen molar-refractivity contribution in [1.29, 1.82) is 0 Å². The van der Waals surface area contributed by atoms with Gasteiger partial charge < -0.3 is 4.90 Å². The van der Waals surface area contributed by atoms with Crippen molar-refractivity contribution in [2.24, 2.45) is 0 Å². The molecule has 0 saturated carbocycles. The number of aromatic nitrogens is 3. The number of rotatable bonds is 5. The minimum absolute atomic E-state index is 0.0254. The Morgan fingerprint density at radius 2 is 2.04 bits per heavy atom. The lowest BCUT2D eigenvalue weighted by atomic mass is 10.2. The zero-order chi connectivity index (χ0) is 19.5. The van der Waals surface area contributed by atoms with E-state index in [1.165, 1.54) is 17.8 Å². The molecular weight excluding hydrogens is 395 g/mol. The zero-order valence-electron chi connectivity index (χ0n) is 15.3. The third-order valence-electron chi connectivity index (χ3n) is 4.60. The molecule has 28 heavy (non-hydrogen) atoms. The van der Waals surface area contributed by atoms with Crippen molar-refractivity contribution in [3.63, 3.8) is 0 Å². The van der Waals surface area contributed by atoms with Gasteiger partial charge in [-0.3, -0.25) is 9.36 Å². The lowest BCUT2D eigenvalue weighted by molar-refractivity contribution is -0.128. The van der Waals surface area contributed by atoms with E-state index < -0.39 is 0 Å². The third kappa shape index (κ3) is 3.79. The first-order chi connectivity index (χ1) is 13.6. The number of amides is 1. The fourth-order valence-electron chi connectivity index (χ4n) is 3.19. The van der Waals surface area contributed by atoms with Crippen LogP contribution in [0, 0.1) is 12.7 Å². The number of thioether (sulfide) groups is 2. The van der Waals surface area contributed by atoms with E-state index in [9.17, 15) is 9.18 Å². The molecule has 3 aromatic rings. The largest absolute Gasteiger partial charge is 0.325 e. The monoisotopic (exact) mass is 414 g/mol. The molecule has 1 amide bonds. The zero-order valence-corrected chi connectivity index (χ0v) is 16.9. The Kier molecular flexibility index (Phi) is 5.68. The maximum atomic E-state index is 14.2. The molecule has 144 valence electrons. The summed E-state index contributed by atoms with van der Waals surface area (Å²) in [6, 6.07) is 14.6. The second-order valence-corrected chi connectivity index (χ2v) is 8.52. The number of hydrogen-bond acceptors (Lipinski definition) is 5. The summed E-state index contributed by atoms with van der Waals surface area (Å²) in [5.74, 6) is 0.736. The summed E-state index contributed by atoms with van der Waals surface area (Å²) >= 11 is 2.94. The van der Waals surface area contributed by atoms with Gasteiger partial charge in [0.15, 0.2) is 5.16 Å². The van der Waals surface area contributed by atoms with Crippen molar-refractivity contribution in [2.75, 3.05) is 18.1 Å². The molecule has 2 heterocycles. The minimum Gasteiger partial charge on any atom is -0.325 e. The fourth-order valence-corrected chi connectivity index (χ4v) is 5.30. The van der Waals surface area contributed by atoms with Crippen molar-refractivity contribution in [2.45, 2.75) is 17.5 Å². The molecule has 1 fully saturated rings. The molecule has 1 aromatic heterocycles. The minimum atomic E-state index is -0.275. The van der Waals surface area contributed by atoms with Crippen LogP contribution in [-0.2, 0) is 4.79 Å². The maximum absolute atomic E-state index is 14.2. The molecule has 8 heteroatoms. The molecule has 5 nitrogen and oxygen atoms in total. The van der Waals surface area contributed by atoms with Gasteiger partial charge in [0.1, 0.15) is 17.5 Å². The fraction of sp³-hybridized carbons (Fsp3) is 0.250. The highest BCUT2D eigenvalue weighted by molar-refractivity contribution is 8.00. The number of nitrogens with zero attached hydrogens (tertiary/aromatic N) is 4. The highest BCUT2D eigenvalue weighted by Gasteiger charge is 2.32. The second kappa shape index (κ2) is 8.36. The summed E-state index contributed by atoms with van der Waals surface area (Å²) in [4.78, 5) is 14.6. The van der Waals surface area contributed by atoms with Crippen LogP contribution in [0.2, 0.25) is 0 Å². The number of aryl methyl sites for hydroxylation is 1. The lowest BCUT2D eigenvalue weighted by Crippen LogP contribution is -2.32. The molecule has 0 spiro atoms. The molecule has 4 rings (SSSR count). The van der Waals surface area contributed by atoms with Crippen molar-refractivity contribution in [3.8, 4) is 5.69 Å². The Labute approximate surface area is 171 Å². The number of carbonyl (C=O) groups is 1. The molecular formula is C20H19FN4OS2. The first-order valence-electron chi connectivity index (χ1n) is 8.89. The van der Waals surface area contributed by atoms with Crippen molar-refractivity contribution < 1.29 is 9.18 Å². The van der Waals surface area contributed by atoms with Crippen LogP contribution >= 0.6 is 23.5 Å². The van der Waals surface area contributed by atoms with Gasteiger partial charge in [0.05, 0.1) is 11.4 Å². The Hall–Kier alpha value is -2.32. The van der Waals surface area contributed by atoms with Gasteiger partial charge in [-0.05, 0) is 24.6 Å². The SMILES string of the molecule is Cc1ccccc1-n1cnnc1SCC(=O)N1CCSC1c1ccccc1F. The van der Waals surface area contributed by atoms with Crippen molar-refractivity contribution in [1.82, 2.24) is 19.7 Å². The van der Waals surface area contributed by atoms with Crippen LogP contribution in [0.1, 0.15) is 16.5 Å². The smallest absolute Gasteiger partial charge is 0.234 e. The van der Waals surface area contributed by atoms with E-state index in [1.807, 2.05) is 35.8 Å². The molecule has 0 radical (unpaired) electrons. The van der Waals surface area contributed by atoms with Crippen LogP contribution in [0.4, 0.5) is 4.39 Å². The van der Waals surface area contributed by atoms with Gasteiger partial charge in [-0.15, -0.1) is 22.0 Å². The molecule has 1 unspecified atom stereocenters. The van der Waals surface area contributed by atoms with Gasteiger partial charge in [0.25, 0.3) is 0 Å². The second-order valence-electron chi connectivity index (χ2n) is 6.39. The number of halogens is 1. The number of hydrogen-bond donors (Lipinski definition) is 0.